The van der Waals surface area contributed by atoms with Crippen LogP contribution in [0.25, 0.3) is 0 Å². The van der Waals surface area contributed by atoms with Gasteiger partial charge >= 0.3 is 5.97 Å². The second-order valence-electron chi connectivity index (χ2n) is 6.69. The topological polar surface area (TPSA) is 66.4 Å². The van der Waals surface area contributed by atoms with Gasteiger partial charge in [0, 0.05) is 5.92 Å². The quantitative estimate of drug-likeness (QED) is 0.823. The van der Waals surface area contributed by atoms with Crippen LogP contribution in [0.5, 0.6) is 0 Å². The molecular weight excluding hydrogens is 242 g/mol. The first-order valence-corrected chi connectivity index (χ1v) is 7.66. The fourth-order valence-electron chi connectivity index (χ4n) is 3.97. The Morgan fingerprint density at radius 3 is 2.32 bits per heavy atom. The summed E-state index contributed by atoms with van der Waals surface area (Å²) in [6.07, 6.45) is 9.50. The number of hydrogen-bond acceptors (Lipinski definition) is 2. The maximum atomic E-state index is 12.3. The fraction of sp³-hybridized carbons (Fsp3) is 0.867. The van der Waals surface area contributed by atoms with Crippen molar-refractivity contribution in [3.63, 3.8) is 0 Å². The monoisotopic (exact) mass is 265 g/mol. The number of fused-ring (bicyclic) bond motifs is 1. The number of rotatable bonds is 3. The molecule has 3 unspecified atom stereocenters. The van der Waals surface area contributed by atoms with Gasteiger partial charge in [0.25, 0.3) is 0 Å². The third kappa shape index (κ3) is 2.49. The molecule has 3 aliphatic carbocycles. The summed E-state index contributed by atoms with van der Waals surface area (Å²) in [6.45, 7) is 0. The summed E-state index contributed by atoms with van der Waals surface area (Å²) < 4.78 is 0. The highest BCUT2D eigenvalue weighted by molar-refractivity contribution is 5.90. The highest BCUT2D eigenvalue weighted by Gasteiger charge is 2.52. The van der Waals surface area contributed by atoms with Gasteiger partial charge in [-0.1, -0.05) is 25.7 Å². The Hall–Kier alpha value is -1.06. The van der Waals surface area contributed by atoms with Gasteiger partial charge in [0.15, 0.2) is 0 Å². The van der Waals surface area contributed by atoms with E-state index in [1.165, 1.54) is 25.7 Å². The molecule has 1 amide bonds. The minimum absolute atomic E-state index is 0.0103. The lowest BCUT2D eigenvalue weighted by Gasteiger charge is -2.39. The van der Waals surface area contributed by atoms with Crippen LogP contribution in [0, 0.1) is 17.8 Å². The molecule has 19 heavy (non-hydrogen) atoms. The lowest BCUT2D eigenvalue weighted by atomic mass is 9.67. The Bertz CT molecular complexity index is 389. The van der Waals surface area contributed by atoms with Crippen LogP contribution in [0.1, 0.15) is 57.8 Å². The summed E-state index contributed by atoms with van der Waals surface area (Å²) >= 11 is 0. The van der Waals surface area contributed by atoms with E-state index in [0.717, 1.165) is 25.2 Å². The maximum Gasteiger partial charge on any atom is 0.329 e. The predicted octanol–water partition coefficient (Wildman–Crippen LogP) is 2.33. The molecule has 0 bridgehead atoms. The third-order valence-electron chi connectivity index (χ3n) is 5.43. The van der Waals surface area contributed by atoms with Gasteiger partial charge in [0.1, 0.15) is 5.54 Å². The molecule has 0 saturated heterocycles. The van der Waals surface area contributed by atoms with Gasteiger partial charge in [-0.15, -0.1) is 0 Å². The number of carbonyl (C=O) groups excluding carboxylic acids is 1. The van der Waals surface area contributed by atoms with E-state index in [1.807, 2.05) is 0 Å². The minimum atomic E-state index is -0.916. The normalized spacial score (nSPS) is 36.1. The Kier molecular flexibility index (Phi) is 3.27. The van der Waals surface area contributed by atoms with Crippen molar-refractivity contribution >= 4 is 11.9 Å². The van der Waals surface area contributed by atoms with Gasteiger partial charge in [-0.05, 0) is 43.9 Å². The summed E-state index contributed by atoms with van der Waals surface area (Å²) in [5.41, 5.74) is -0.916. The molecule has 2 N–H and O–H groups in total. The lowest BCUT2D eigenvalue weighted by Crippen LogP contribution is -2.47. The van der Waals surface area contributed by atoms with Crippen molar-refractivity contribution in [3.05, 3.63) is 0 Å². The van der Waals surface area contributed by atoms with E-state index < -0.39 is 11.5 Å². The molecule has 3 atom stereocenters. The van der Waals surface area contributed by atoms with Crippen molar-refractivity contribution in [2.75, 3.05) is 0 Å². The number of amides is 1. The maximum absolute atomic E-state index is 12.3. The van der Waals surface area contributed by atoms with Gasteiger partial charge in [-0.25, -0.2) is 4.79 Å². The van der Waals surface area contributed by atoms with Crippen LogP contribution in [0.15, 0.2) is 0 Å². The smallest absolute Gasteiger partial charge is 0.329 e. The summed E-state index contributed by atoms with van der Waals surface area (Å²) in [6, 6.07) is 0. The van der Waals surface area contributed by atoms with Gasteiger partial charge in [-0.3, -0.25) is 4.79 Å². The van der Waals surface area contributed by atoms with E-state index in [1.54, 1.807) is 0 Å². The largest absolute Gasteiger partial charge is 0.480 e. The Labute approximate surface area is 113 Å². The molecule has 0 radical (unpaired) electrons. The Morgan fingerprint density at radius 1 is 1.00 bits per heavy atom. The second-order valence-corrected chi connectivity index (χ2v) is 6.69. The number of hydrogen-bond donors (Lipinski definition) is 2. The molecule has 4 nitrogen and oxygen atoms in total. The fourth-order valence-corrected chi connectivity index (χ4v) is 3.97. The SMILES string of the molecule is O=C(NC1(C(=O)O)CC1)C1CCC2CCCCC2C1. The molecule has 3 rings (SSSR count). The van der Waals surface area contributed by atoms with E-state index in [9.17, 15) is 9.59 Å². The lowest BCUT2D eigenvalue weighted by molar-refractivity contribution is -0.144. The number of nitrogens with one attached hydrogen (secondary N) is 1. The van der Waals surface area contributed by atoms with Crippen LogP contribution >= 0.6 is 0 Å². The first-order valence-electron chi connectivity index (χ1n) is 7.66. The van der Waals surface area contributed by atoms with Gasteiger partial charge in [-0.2, -0.15) is 0 Å². The Balaban J connectivity index is 1.57. The summed E-state index contributed by atoms with van der Waals surface area (Å²) in [4.78, 5) is 23.4. The number of carboxylic acids is 1. The highest BCUT2D eigenvalue weighted by Crippen LogP contribution is 2.43. The first-order chi connectivity index (χ1) is 9.11. The first kappa shape index (κ1) is 12.9. The number of aliphatic carboxylic acids is 1. The van der Waals surface area contributed by atoms with Crippen molar-refractivity contribution in [2.45, 2.75) is 63.3 Å². The molecule has 3 aliphatic rings. The van der Waals surface area contributed by atoms with Crippen LogP contribution in [0.2, 0.25) is 0 Å². The number of carboxylic acid groups (broad SMARTS) is 1. The number of carbonyl (C=O) groups is 2. The molecule has 0 aromatic heterocycles. The molecule has 0 heterocycles. The van der Waals surface area contributed by atoms with Gasteiger partial charge < -0.3 is 10.4 Å². The van der Waals surface area contributed by atoms with Crippen molar-refractivity contribution in [1.29, 1.82) is 0 Å². The molecule has 0 spiro atoms. The predicted molar refractivity (Wildman–Crippen MR) is 70.5 cm³/mol. The minimum Gasteiger partial charge on any atom is -0.480 e. The zero-order valence-corrected chi connectivity index (χ0v) is 11.4. The third-order valence-corrected chi connectivity index (χ3v) is 5.43. The van der Waals surface area contributed by atoms with E-state index in [2.05, 4.69) is 5.32 Å². The molecular formula is C15H23NO3. The van der Waals surface area contributed by atoms with Crippen molar-refractivity contribution in [2.24, 2.45) is 17.8 Å². The van der Waals surface area contributed by atoms with E-state index in [-0.39, 0.29) is 11.8 Å². The van der Waals surface area contributed by atoms with Crippen LogP contribution in [0.4, 0.5) is 0 Å². The van der Waals surface area contributed by atoms with E-state index >= 15 is 0 Å². The van der Waals surface area contributed by atoms with Crippen LogP contribution in [-0.4, -0.2) is 22.5 Å². The molecule has 0 aliphatic heterocycles. The van der Waals surface area contributed by atoms with Gasteiger partial charge in [0.05, 0.1) is 0 Å². The average molecular weight is 265 g/mol. The van der Waals surface area contributed by atoms with E-state index in [0.29, 0.717) is 18.8 Å². The molecule has 0 aromatic rings. The molecule has 3 fully saturated rings. The molecule has 3 saturated carbocycles. The van der Waals surface area contributed by atoms with Crippen LogP contribution in [-0.2, 0) is 9.59 Å². The zero-order chi connectivity index (χ0) is 13.5. The molecule has 4 heteroatoms. The second kappa shape index (κ2) is 4.80. The zero-order valence-electron chi connectivity index (χ0n) is 11.4. The van der Waals surface area contributed by atoms with Crippen LogP contribution in [0.3, 0.4) is 0 Å². The van der Waals surface area contributed by atoms with Crippen molar-refractivity contribution in [1.82, 2.24) is 5.32 Å². The molecule has 106 valence electrons. The standard InChI is InChI=1S/C15H23NO3/c17-13(16-15(7-8-15)14(18)19)12-6-5-10-3-1-2-4-11(10)9-12/h10-12H,1-9H2,(H,16,17)(H,18,19). The average Bonchev–Trinajstić information content (AvgIpc) is 3.19. The van der Waals surface area contributed by atoms with Crippen LogP contribution < -0.4 is 5.32 Å². The highest BCUT2D eigenvalue weighted by atomic mass is 16.4. The summed E-state index contributed by atoms with van der Waals surface area (Å²) in [5.74, 6) is 0.706. The van der Waals surface area contributed by atoms with Gasteiger partial charge in [0.2, 0.25) is 5.91 Å². The summed E-state index contributed by atoms with van der Waals surface area (Å²) in [5, 5.41) is 11.9. The molecule has 0 aromatic carbocycles. The van der Waals surface area contributed by atoms with Crippen molar-refractivity contribution < 1.29 is 14.7 Å². The van der Waals surface area contributed by atoms with E-state index in [4.69, 9.17) is 5.11 Å². The van der Waals surface area contributed by atoms with Crippen molar-refractivity contribution in [3.8, 4) is 0 Å². The summed E-state index contributed by atoms with van der Waals surface area (Å²) in [7, 11) is 0. The Morgan fingerprint density at radius 2 is 1.68 bits per heavy atom.